The van der Waals surface area contributed by atoms with Crippen molar-refractivity contribution in [2.45, 2.75) is 73.4 Å². The van der Waals surface area contributed by atoms with Crippen LogP contribution in [-0.4, -0.2) is 38.9 Å². The summed E-state index contributed by atoms with van der Waals surface area (Å²) in [5.41, 5.74) is 0. The molecular formula is C12H33AsSi3. The van der Waals surface area contributed by atoms with Crippen LogP contribution in [0.2, 0.25) is 73.4 Å². The Bertz CT molecular complexity index is 170. The Hall–Kier alpha value is 1.21. The molecule has 0 aromatic carbocycles. The van der Waals surface area contributed by atoms with Gasteiger partial charge in [-0.1, -0.05) is 0 Å². The first-order valence-electron chi connectivity index (χ1n) is 6.51. The molecule has 16 heavy (non-hydrogen) atoms. The van der Waals surface area contributed by atoms with Crippen molar-refractivity contribution >= 4 is 38.9 Å². The fourth-order valence-electron chi connectivity index (χ4n) is 2.18. The van der Waals surface area contributed by atoms with Gasteiger partial charge in [-0.3, -0.25) is 0 Å². The first-order valence-corrected chi connectivity index (χ1v) is 21.6. The van der Waals surface area contributed by atoms with Crippen LogP contribution in [0.4, 0.5) is 0 Å². The number of hydrogen-bond donors (Lipinski definition) is 0. The second kappa shape index (κ2) is 5.90. The van der Waals surface area contributed by atoms with Crippen molar-refractivity contribution < 1.29 is 0 Å². The van der Waals surface area contributed by atoms with Crippen LogP contribution in [0.25, 0.3) is 0 Å². The van der Waals surface area contributed by atoms with Gasteiger partial charge in [-0.05, 0) is 0 Å². The predicted molar refractivity (Wildman–Crippen MR) is 90.2 cm³/mol. The van der Waals surface area contributed by atoms with E-state index in [1.54, 1.807) is 14.5 Å². The molecule has 0 N–H and O–H groups in total. The van der Waals surface area contributed by atoms with E-state index in [-0.39, 0.29) is 0 Å². The molecule has 0 aliphatic rings. The topological polar surface area (TPSA) is 0 Å². The monoisotopic (exact) mass is 336 g/mol. The van der Waals surface area contributed by atoms with Crippen molar-refractivity contribution in [1.29, 1.82) is 0 Å². The van der Waals surface area contributed by atoms with Gasteiger partial charge in [-0.2, -0.15) is 0 Å². The Labute approximate surface area is 112 Å². The molecule has 0 radical (unpaired) electrons. The van der Waals surface area contributed by atoms with Crippen molar-refractivity contribution in [3.8, 4) is 0 Å². The van der Waals surface area contributed by atoms with Crippen LogP contribution in [-0.2, 0) is 0 Å². The van der Waals surface area contributed by atoms with Crippen LogP contribution in [0.3, 0.4) is 0 Å². The summed E-state index contributed by atoms with van der Waals surface area (Å²) in [5, 5.41) is 0. The van der Waals surface area contributed by atoms with E-state index in [1.807, 2.05) is 0 Å². The molecule has 0 fully saturated rings. The SMILES string of the molecule is C[Si](C)(C)C[As](C[Si](C)(C)C)C[Si](C)(C)C. The van der Waals surface area contributed by atoms with E-state index in [1.165, 1.54) is 0 Å². The van der Waals surface area contributed by atoms with Gasteiger partial charge >= 0.3 is 112 Å². The van der Waals surface area contributed by atoms with E-state index in [4.69, 9.17) is 0 Å². The summed E-state index contributed by atoms with van der Waals surface area (Å²) in [5.74, 6) is 0. The van der Waals surface area contributed by atoms with Crippen molar-refractivity contribution in [1.82, 2.24) is 0 Å². The van der Waals surface area contributed by atoms with E-state index in [9.17, 15) is 0 Å². The maximum atomic E-state index is 2.57. The quantitative estimate of drug-likeness (QED) is 0.591. The molecule has 0 aliphatic carbocycles. The molecule has 0 aliphatic heterocycles. The van der Waals surface area contributed by atoms with Gasteiger partial charge in [0, 0.05) is 0 Å². The molecule has 0 spiro atoms. The normalized spacial score (nSPS) is 14.6. The van der Waals surface area contributed by atoms with Crippen LogP contribution >= 0.6 is 0 Å². The van der Waals surface area contributed by atoms with Crippen LogP contribution in [0.15, 0.2) is 0 Å². The summed E-state index contributed by atoms with van der Waals surface area (Å²) in [6, 6.07) is 0. The zero-order valence-electron chi connectivity index (χ0n) is 13.1. The Morgan fingerprint density at radius 3 is 0.812 bits per heavy atom. The Morgan fingerprint density at radius 2 is 0.688 bits per heavy atom. The summed E-state index contributed by atoms with van der Waals surface area (Å²) in [4.78, 5) is 5.11. The second-order valence-electron chi connectivity index (χ2n) is 8.83. The summed E-state index contributed by atoms with van der Waals surface area (Å²) in [7, 11) is -2.43. The predicted octanol–water partition coefficient (Wildman–Crippen LogP) is 5.11. The Kier molecular flexibility index (Phi) is 6.35. The zero-order chi connectivity index (χ0) is 13.2. The minimum atomic E-state index is -0.811. The fourth-order valence-corrected chi connectivity index (χ4v) is 39.2. The van der Waals surface area contributed by atoms with Crippen molar-refractivity contribution in [3.05, 3.63) is 0 Å². The maximum absolute atomic E-state index is 2.57. The van der Waals surface area contributed by atoms with Crippen LogP contribution in [0, 0.1) is 0 Å². The number of rotatable bonds is 6. The van der Waals surface area contributed by atoms with Gasteiger partial charge in [0.15, 0.2) is 0 Å². The third kappa shape index (κ3) is 11.7. The molecule has 0 bridgehead atoms. The molecule has 0 atom stereocenters. The van der Waals surface area contributed by atoms with Crippen LogP contribution < -0.4 is 0 Å². The first-order chi connectivity index (χ1) is 6.79. The van der Waals surface area contributed by atoms with Crippen molar-refractivity contribution in [2.24, 2.45) is 0 Å². The van der Waals surface area contributed by atoms with Crippen LogP contribution in [0.1, 0.15) is 0 Å². The molecular weight excluding hydrogens is 303 g/mol. The number of hydrogen-bond acceptors (Lipinski definition) is 0. The summed E-state index contributed by atoms with van der Waals surface area (Å²) < 4.78 is 0. The molecule has 0 nitrogen and oxygen atoms in total. The summed E-state index contributed by atoms with van der Waals surface area (Å²) in [6.45, 7) is 23.2. The second-order valence-corrected chi connectivity index (χ2v) is 33.9. The third-order valence-corrected chi connectivity index (χ3v) is 32.6. The Morgan fingerprint density at radius 1 is 0.500 bits per heavy atom. The standard InChI is InChI=1S/C12H33AsSi3/c1-14(2,3)10-13(11-15(4,5)6)12-16(7,8)9/h10-12H2,1-9H3. The fraction of sp³-hybridized carbons (Fsp3) is 1.00. The molecule has 0 saturated carbocycles. The van der Waals surface area contributed by atoms with Gasteiger partial charge in [0.2, 0.25) is 0 Å². The average molecular weight is 337 g/mol. The van der Waals surface area contributed by atoms with Gasteiger partial charge in [-0.25, -0.2) is 0 Å². The Balaban J connectivity index is 4.53. The minimum absolute atomic E-state index is 0.497. The average Bonchev–Trinajstić information content (AvgIpc) is 1.70. The zero-order valence-corrected chi connectivity index (χ0v) is 17.9. The van der Waals surface area contributed by atoms with Gasteiger partial charge < -0.3 is 0 Å². The van der Waals surface area contributed by atoms with Crippen molar-refractivity contribution in [3.63, 3.8) is 0 Å². The van der Waals surface area contributed by atoms with E-state index in [0.29, 0.717) is 0 Å². The van der Waals surface area contributed by atoms with E-state index in [0.717, 1.165) is 0 Å². The molecule has 0 unspecified atom stereocenters. The van der Waals surface area contributed by atoms with Gasteiger partial charge in [0.1, 0.15) is 0 Å². The molecule has 0 aromatic heterocycles. The van der Waals surface area contributed by atoms with Crippen LogP contribution in [0.5, 0.6) is 0 Å². The first kappa shape index (κ1) is 17.2. The molecule has 0 rings (SSSR count). The van der Waals surface area contributed by atoms with Gasteiger partial charge in [0.25, 0.3) is 0 Å². The van der Waals surface area contributed by atoms with E-state index >= 15 is 0 Å². The molecule has 98 valence electrons. The van der Waals surface area contributed by atoms with Crippen molar-refractivity contribution in [2.75, 3.05) is 0 Å². The van der Waals surface area contributed by atoms with Gasteiger partial charge in [-0.15, -0.1) is 0 Å². The summed E-state index contributed by atoms with van der Waals surface area (Å²) in [6.07, 6.45) is 0. The molecule has 0 heterocycles. The molecule has 0 aromatic rings. The third-order valence-electron chi connectivity index (χ3n) is 2.09. The molecule has 0 saturated heterocycles. The van der Waals surface area contributed by atoms with E-state index < -0.39 is 38.9 Å². The van der Waals surface area contributed by atoms with Gasteiger partial charge in [0.05, 0.1) is 0 Å². The molecule has 0 amide bonds. The summed E-state index contributed by atoms with van der Waals surface area (Å²) >= 11 is -0.497. The van der Waals surface area contributed by atoms with E-state index in [2.05, 4.69) is 58.9 Å². The molecule has 4 heteroatoms.